The summed E-state index contributed by atoms with van der Waals surface area (Å²) >= 11 is 13.2. The van der Waals surface area contributed by atoms with Crippen molar-refractivity contribution in [2.45, 2.75) is 10.9 Å². The molecule has 0 bridgehead atoms. The van der Waals surface area contributed by atoms with Crippen LogP contribution in [-0.4, -0.2) is 9.97 Å². The van der Waals surface area contributed by atoms with Gasteiger partial charge in [-0.25, -0.2) is 9.97 Å². The Morgan fingerprint density at radius 1 is 1.32 bits per heavy atom. The Morgan fingerprint density at radius 2 is 2.11 bits per heavy atom. The van der Waals surface area contributed by atoms with Crippen LogP contribution in [0.3, 0.4) is 0 Å². The van der Waals surface area contributed by atoms with Crippen molar-refractivity contribution in [3.63, 3.8) is 0 Å². The highest BCUT2D eigenvalue weighted by Crippen LogP contribution is 2.26. The van der Waals surface area contributed by atoms with Crippen LogP contribution in [0, 0.1) is 11.3 Å². The zero-order chi connectivity index (χ0) is 13.8. The quantitative estimate of drug-likeness (QED) is 0.693. The Kier molecular flexibility index (Phi) is 4.48. The molecule has 1 aromatic heterocycles. The van der Waals surface area contributed by atoms with E-state index < -0.39 is 0 Å². The number of hydrogen-bond acceptors (Lipinski definition) is 5. The standard InChI is InChI=1S/C12H8Cl2N4S/c13-9-2-1-7(3-10(9)14)6-19-12-17-5-8(4-15)11(16)18-12/h1-3,5H,6H2,(H2,16,17,18). The monoisotopic (exact) mass is 310 g/mol. The van der Waals surface area contributed by atoms with Crippen LogP contribution in [0.2, 0.25) is 10.0 Å². The van der Waals surface area contributed by atoms with Crippen molar-refractivity contribution in [1.82, 2.24) is 9.97 Å². The first-order valence-electron chi connectivity index (χ1n) is 5.19. The lowest BCUT2D eigenvalue weighted by atomic mass is 10.2. The Bertz CT molecular complexity index is 655. The molecule has 0 amide bonds. The van der Waals surface area contributed by atoms with E-state index in [0.29, 0.717) is 21.0 Å². The molecule has 7 heteroatoms. The van der Waals surface area contributed by atoms with Crippen LogP contribution in [0.1, 0.15) is 11.1 Å². The molecule has 2 aromatic rings. The maximum absolute atomic E-state index is 8.73. The summed E-state index contributed by atoms with van der Waals surface area (Å²) in [6, 6.07) is 7.34. The zero-order valence-corrected chi connectivity index (χ0v) is 11.9. The van der Waals surface area contributed by atoms with Crippen LogP contribution in [0.25, 0.3) is 0 Å². The molecule has 0 atom stereocenters. The molecule has 1 heterocycles. The van der Waals surface area contributed by atoms with Crippen LogP contribution in [0.15, 0.2) is 29.6 Å². The van der Waals surface area contributed by atoms with Gasteiger partial charge in [-0.2, -0.15) is 5.26 Å². The van der Waals surface area contributed by atoms with Gasteiger partial charge in [-0.3, -0.25) is 0 Å². The van der Waals surface area contributed by atoms with Gasteiger partial charge in [0.1, 0.15) is 17.5 Å². The van der Waals surface area contributed by atoms with Crippen LogP contribution >= 0.6 is 35.0 Å². The number of nitrogens with two attached hydrogens (primary N) is 1. The average Bonchev–Trinajstić information content (AvgIpc) is 2.40. The van der Waals surface area contributed by atoms with Gasteiger partial charge < -0.3 is 5.73 Å². The highest BCUT2D eigenvalue weighted by Gasteiger charge is 2.05. The van der Waals surface area contributed by atoms with E-state index in [2.05, 4.69) is 9.97 Å². The smallest absolute Gasteiger partial charge is 0.189 e. The van der Waals surface area contributed by atoms with Gasteiger partial charge >= 0.3 is 0 Å². The lowest BCUT2D eigenvalue weighted by Crippen LogP contribution is -1.98. The number of halogens is 2. The van der Waals surface area contributed by atoms with E-state index >= 15 is 0 Å². The molecular weight excluding hydrogens is 303 g/mol. The number of benzene rings is 1. The topological polar surface area (TPSA) is 75.6 Å². The molecule has 0 saturated carbocycles. The van der Waals surface area contributed by atoms with Crippen LogP contribution in [0.5, 0.6) is 0 Å². The predicted molar refractivity (Wildman–Crippen MR) is 77.2 cm³/mol. The van der Waals surface area contributed by atoms with Crippen molar-refractivity contribution in [2.24, 2.45) is 0 Å². The number of hydrogen-bond donors (Lipinski definition) is 1. The molecule has 0 radical (unpaired) electrons. The molecule has 0 aliphatic heterocycles. The predicted octanol–water partition coefficient (Wildman–Crippen LogP) is 3.53. The molecule has 96 valence electrons. The lowest BCUT2D eigenvalue weighted by Gasteiger charge is -2.03. The summed E-state index contributed by atoms with van der Waals surface area (Å²) in [6.07, 6.45) is 1.42. The minimum Gasteiger partial charge on any atom is -0.382 e. The van der Waals surface area contributed by atoms with Crippen LogP contribution in [-0.2, 0) is 5.75 Å². The molecule has 0 saturated heterocycles. The van der Waals surface area contributed by atoms with Gasteiger partial charge in [-0.15, -0.1) is 0 Å². The lowest BCUT2D eigenvalue weighted by molar-refractivity contribution is 0.969. The maximum Gasteiger partial charge on any atom is 0.189 e. The minimum atomic E-state index is 0.189. The van der Waals surface area contributed by atoms with Gasteiger partial charge in [0.25, 0.3) is 0 Å². The van der Waals surface area contributed by atoms with Crippen molar-refractivity contribution < 1.29 is 0 Å². The molecule has 0 fully saturated rings. The number of aromatic nitrogens is 2. The number of anilines is 1. The first-order valence-corrected chi connectivity index (χ1v) is 6.93. The Morgan fingerprint density at radius 3 is 2.74 bits per heavy atom. The minimum absolute atomic E-state index is 0.189. The largest absolute Gasteiger partial charge is 0.382 e. The highest BCUT2D eigenvalue weighted by atomic mass is 35.5. The van der Waals surface area contributed by atoms with E-state index in [1.54, 1.807) is 12.1 Å². The third kappa shape index (κ3) is 3.51. The summed E-state index contributed by atoms with van der Waals surface area (Å²) in [5.41, 5.74) is 6.90. The van der Waals surface area contributed by atoms with Crippen molar-refractivity contribution in [2.75, 3.05) is 5.73 Å². The molecule has 0 spiro atoms. The second-order valence-corrected chi connectivity index (χ2v) is 5.36. The summed E-state index contributed by atoms with van der Waals surface area (Å²) in [4.78, 5) is 8.10. The van der Waals surface area contributed by atoms with Gasteiger partial charge in [-0.05, 0) is 17.7 Å². The van der Waals surface area contributed by atoms with Gasteiger partial charge in [0.15, 0.2) is 5.16 Å². The van der Waals surface area contributed by atoms with Gasteiger partial charge in [0.05, 0.1) is 16.2 Å². The van der Waals surface area contributed by atoms with Crippen molar-refractivity contribution in [1.29, 1.82) is 5.26 Å². The molecule has 4 nitrogen and oxygen atoms in total. The summed E-state index contributed by atoms with van der Waals surface area (Å²) < 4.78 is 0. The fraction of sp³-hybridized carbons (Fsp3) is 0.0833. The Labute approximate surface area is 124 Å². The number of thioether (sulfide) groups is 1. The fourth-order valence-corrected chi connectivity index (χ4v) is 2.40. The second kappa shape index (κ2) is 6.11. The number of nitrogens with zero attached hydrogens (tertiary/aromatic N) is 3. The normalized spacial score (nSPS) is 10.2. The third-order valence-electron chi connectivity index (χ3n) is 2.27. The first kappa shape index (κ1) is 13.9. The molecule has 1 aromatic carbocycles. The average molecular weight is 311 g/mol. The van der Waals surface area contributed by atoms with Gasteiger partial charge in [0, 0.05) is 5.75 Å². The first-order chi connectivity index (χ1) is 9.10. The van der Waals surface area contributed by atoms with Gasteiger partial charge in [0.2, 0.25) is 0 Å². The summed E-state index contributed by atoms with van der Waals surface area (Å²) in [5, 5.41) is 10.3. The zero-order valence-electron chi connectivity index (χ0n) is 9.60. The number of nitrogen functional groups attached to an aromatic ring is 1. The van der Waals surface area contributed by atoms with E-state index in [1.807, 2.05) is 12.1 Å². The third-order valence-corrected chi connectivity index (χ3v) is 3.94. The molecule has 2 rings (SSSR count). The number of rotatable bonds is 3. The second-order valence-electron chi connectivity index (χ2n) is 3.60. The van der Waals surface area contributed by atoms with Crippen LogP contribution < -0.4 is 5.73 Å². The van der Waals surface area contributed by atoms with E-state index in [0.717, 1.165) is 5.56 Å². The Hall–Kier alpha value is -1.48. The van der Waals surface area contributed by atoms with Crippen LogP contribution in [0.4, 0.5) is 5.82 Å². The molecule has 2 N–H and O–H groups in total. The van der Waals surface area contributed by atoms with E-state index in [9.17, 15) is 0 Å². The molecule has 0 aliphatic carbocycles. The van der Waals surface area contributed by atoms with E-state index in [4.69, 9.17) is 34.2 Å². The summed E-state index contributed by atoms with van der Waals surface area (Å²) in [5.74, 6) is 0.830. The van der Waals surface area contributed by atoms with E-state index in [-0.39, 0.29) is 11.4 Å². The molecule has 0 aliphatic rings. The summed E-state index contributed by atoms with van der Waals surface area (Å²) in [6.45, 7) is 0. The van der Waals surface area contributed by atoms with Gasteiger partial charge in [-0.1, -0.05) is 41.0 Å². The molecule has 0 unspecified atom stereocenters. The maximum atomic E-state index is 8.73. The molecule has 19 heavy (non-hydrogen) atoms. The van der Waals surface area contributed by atoms with Crippen molar-refractivity contribution in [3.8, 4) is 6.07 Å². The summed E-state index contributed by atoms with van der Waals surface area (Å²) in [7, 11) is 0. The number of nitriles is 1. The fourth-order valence-electron chi connectivity index (χ4n) is 1.31. The van der Waals surface area contributed by atoms with E-state index in [1.165, 1.54) is 18.0 Å². The Balaban J connectivity index is 2.08. The van der Waals surface area contributed by atoms with Crippen molar-refractivity contribution in [3.05, 3.63) is 45.6 Å². The molecular formula is C12H8Cl2N4S. The highest BCUT2D eigenvalue weighted by molar-refractivity contribution is 7.98. The SMILES string of the molecule is N#Cc1cnc(SCc2ccc(Cl)c(Cl)c2)nc1N. The van der Waals surface area contributed by atoms with Crippen molar-refractivity contribution >= 4 is 40.8 Å².